The van der Waals surface area contributed by atoms with Gasteiger partial charge in [-0.3, -0.25) is 14.1 Å². The van der Waals surface area contributed by atoms with Crippen LogP contribution in [0.1, 0.15) is 0 Å². The fraction of sp³-hybridized carbons (Fsp3) is 1.00. The van der Waals surface area contributed by atoms with E-state index in [0.717, 1.165) is 0 Å². The quantitative estimate of drug-likeness (QED) is 0.468. The first-order valence-corrected chi connectivity index (χ1v) is 2.45. The monoisotopic (exact) mass is 122 g/mol. The average molecular weight is 122 g/mol. The third-order valence-electron chi connectivity index (χ3n) is 0. The number of rotatable bonds is 0. The molecule has 0 amide bonds. The third kappa shape index (κ3) is 2080. The van der Waals surface area contributed by atoms with E-state index >= 15 is 0 Å². The van der Waals surface area contributed by atoms with Crippen LogP contribution in [0.3, 0.4) is 0 Å². The van der Waals surface area contributed by atoms with Crippen molar-refractivity contribution >= 4 is 11.8 Å². The molecular formula is C2H9F3S. The Bertz CT molecular complexity index is 8.75. The van der Waals surface area contributed by atoms with Crippen LogP contribution < -0.4 is 0 Å². The van der Waals surface area contributed by atoms with Crippen LogP contribution in [0.25, 0.3) is 0 Å². The largest absolute Gasteiger partial charge is 0.269 e. The minimum atomic E-state index is 0. The van der Waals surface area contributed by atoms with E-state index in [1.807, 2.05) is 12.5 Å². The molecule has 0 saturated heterocycles. The zero-order valence-electron chi connectivity index (χ0n) is 3.63. The molecule has 0 aliphatic rings. The van der Waals surface area contributed by atoms with Crippen LogP contribution in [0, 0.1) is 0 Å². The summed E-state index contributed by atoms with van der Waals surface area (Å²) < 4.78 is 0. The van der Waals surface area contributed by atoms with Crippen molar-refractivity contribution in [3.63, 3.8) is 0 Å². The van der Waals surface area contributed by atoms with Crippen molar-refractivity contribution in [3.05, 3.63) is 0 Å². The van der Waals surface area contributed by atoms with Crippen molar-refractivity contribution in [2.75, 3.05) is 12.5 Å². The summed E-state index contributed by atoms with van der Waals surface area (Å²) in [5.74, 6) is 0. The lowest BCUT2D eigenvalue weighted by Crippen LogP contribution is -1.25. The van der Waals surface area contributed by atoms with Crippen LogP contribution in [-0.4, -0.2) is 12.5 Å². The summed E-state index contributed by atoms with van der Waals surface area (Å²) in [5, 5.41) is 0. The van der Waals surface area contributed by atoms with Crippen LogP contribution in [0.5, 0.6) is 0 Å². The molecule has 6 heavy (non-hydrogen) atoms. The molecule has 0 N–H and O–H groups in total. The molecule has 44 valence electrons. The van der Waals surface area contributed by atoms with Crippen LogP contribution in [0.2, 0.25) is 0 Å². The summed E-state index contributed by atoms with van der Waals surface area (Å²) >= 11 is 1.75. The Labute approximate surface area is 39.4 Å². The van der Waals surface area contributed by atoms with Gasteiger partial charge >= 0.3 is 0 Å². The van der Waals surface area contributed by atoms with Gasteiger partial charge in [-0.1, -0.05) is 0 Å². The summed E-state index contributed by atoms with van der Waals surface area (Å²) in [6.07, 6.45) is 4.08. The molecular weight excluding hydrogens is 113 g/mol. The van der Waals surface area contributed by atoms with E-state index in [4.69, 9.17) is 0 Å². The maximum Gasteiger partial charge on any atom is -0.0187 e. The highest BCUT2D eigenvalue weighted by molar-refractivity contribution is 7.97. The lowest BCUT2D eigenvalue weighted by atomic mass is 11.9. The molecule has 0 fully saturated rings. The van der Waals surface area contributed by atoms with Gasteiger partial charge in [-0.15, -0.1) is 0 Å². The van der Waals surface area contributed by atoms with Crippen molar-refractivity contribution < 1.29 is 14.1 Å². The van der Waals surface area contributed by atoms with Gasteiger partial charge in [0.1, 0.15) is 0 Å². The first-order valence-electron chi connectivity index (χ1n) is 0.816. The number of thioether (sulfide) groups is 1. The minimum Gasteiger partial charge on any atom is -0.269 e. The van der Waals surface area contributed by atoms with Gasteiger partial charge in [0.25, 0.3) is 0 Å². The molecule has 0 aromatic rings. The van der Waals surface area contributed by atoms with E-state index in [0.29, 0.717) is 0 Å². The molecule has 0 aromatic heterocycles. The summed E-state index contributed by atoms with van der Waals surface area (Å²) in [4.78, 5) is 0. The number of hydrogen-bond donors (Lipinski definition) is 0. The van der Waals surface area contributed by atoms with Gasteiger partial charge in [-0.2, -0.15) is 11.8 Å². The summed E-state index contributed by atoms with van der Waals surface area (Å²) in [6, 6.07) is 0. The molecule has 0 saturated carbocycles. The van der Waals surface area contributed by atoms with E-state index in [-0.39, 0.29) is 14.1 Å². The molecule has 0 heterocycles. The highest BCUT2D eigenvalue weighted by Crippen LogP contribution is 1.70. The van der Waals surface area contributed by atoms with Crippen LogP contribution in [0.15, 0.2) is 0 Å². The molecule has 0 unspecified atom stereocenters. The maximum absolute atomic E-state index is 2.04. The lowest BCUT2D eigenvalue weighted by molar-refractivity contribution is 1.11. The van der Waals surface area contributed by atoms with Crippen molar-refractivity contribution in [3.8, 4) is 0 Å². The normalized spacial score (nSPS) is 3.00. The van der Waals surface area contributed by atoms with Gasteiger partial charge in [0.2, 0.25) is 0 Å². The van der Waals surface area contributed by atoms with Crippen molar-refractivity contribution in [1.29, 1.82) is 0 Å². The van der Waals surface area contributed by atoms with Gasteiger partial charge in [-0.05, 0) is 12.5 Å². The van der Waals surface area contributed by atoms with Crippen LogP contribution >= 0.6 is 11.8 Å². The van der Waals surface area contributed by atoms with Gasteiger partial charge in [0.15, 0.2) is 0 Å². The van der Waals surface area contributed by atoms with E-state index < -0.39 is 0 Å². The topological polar surface area (TPSA) is 0 Å². The third-order valence-corrected chi connectivity index (χ3v) is 0. The molecule has 0 nitrogen and oxygen atoms in total. The predicted molar refractivity (Wildman–Crippen MR) is 26.9 cm³/mol. The zero-order valence-corrected chi connectivity index (χ0v) is 4.45. The standard InChI is InChI=1S/C2H6S.3FH/c1-3-2;;;/h1-2H3;3*1H. The number of hydrogen-bond acceptors (Lipinski definition) is 1. The van der Waals surface area contributed by atoms with E-state index in [9.17, 15) is 0 Å². The fourth-order valence-corrected chi connectivity index (χ4v) is 0. The smallest absolute Gasteiger partial charge is 0.0187 e. The molecule has 0 rings (SSSR count). The first-order chi connectivity index (χ1) is 1.41. The Morgan fingerprint density at radius 1 is 0.833 bits per heavy atom. The summed E-state index contributed by atoms with van der Waals surface area (Å²) in [7, 11) is 0. The van der Waals surface area contributed by atoms with E-state index in [1.165, 1.54) is 0 Å². The molecule has 0 aliphatic heterocycles. The molecule has 4 heteroatoms. The second-order valence-corrected chi connectivity index (χ2v) is 1.22. The van der Waals surface area contributed by atoms with Gasteiger partial charge in [0.05, 0.1) is 0 Å². The Kier molecular flexibility index (Phi) is 400. The molecule has 0 aliphatic carbocycles. The van der Waals surface area contributed by atoms with E-state index in [1.54, 1.807) is 11.8 Å². The molecule has 0 radical (unpaired) electrons. The minimum absolute atomic E-state index is 0. The average Bonchev–Trinajstić information content (AvgIpc) is 0.918. The van der Waals surface area contributed by atoms with Gasteiger partial charge in [0, 0.05) is 0 Å². The summed E-state index contributed by atoms with van der Waals surface area (Å²) in [5.41, 5.74) is 0. The summed E-state index contributed by atoms with van der Waals surface area (Å²) in [6.45, 7) is 0. The highest BCUT2D eigenvalue weighted by Gasteiger charge is 1.32. The highest BCUT2D eigenvalue weighted by atomic mass is 32.2. The molecule has 0 atom stereocenters. The van der Waals surface area contributed by atoms with Crippen molar-refractivity contribution in [1.82, 2.24) is 0 Å². The first kappa shape index (κ1) is 35.4. The van der Waals surface area contributed by atoms with E-state index in [2.05, 4.69) is 0 Å². The zero-order chi connectivity index (χ0) is 2.71. The second kappa shape index (κ2) is 67.8. The van der Waals surface area contributed by atoms with Crippen molar-refractivity contribution in [2.24, 2.45) is 0 Å². The lowest BCUT2D eigenvalue weighted by Gasteiger charge is -1.51. The fourth-order valence-electron chi connectivity index (χ4n) is 0. The molecule has 0 aromatic carbocycles. The second-order valence-electron chi connectivity index (χ2n) is 0.408. The Hall–Kier alpha value is 0.140. The Morgan fingerprint density at radius 3 is 0.833 bits per heavy atom. The maximum atomic E-state index is 2.04. The predicted octanol–water partition coefficient (Wildman–Crippen LogP) is 1.44. The Morgan fingerprint density at radius 2 is 0.833 bits per heavy atom. The van der Waals surface area contributed by atoms with Crippen molar-refractivity contribution in [2.45, 2.75) is 0 Å². The van der Waals surface area contributed by atoms with Crippen LogP contribution in [0.4, 0.5) is 14.1 Å². The van der Waals surface area contributed by atoms with Crippen LogP contribution in [-0.2, 0) is 0 Å². The Balaban J connectivity index is -0.00000000667. The number of halogens is 3. The molecule has 0 bridgehead atoms. The van der Waals surface area contributed by atoms with Gasteiger partial charge < -0.3 is 0 Å². The molecule has 0 spiro atoms. The SMILES string of the molecule is CSC.F.F.F. The van der Waals surface area contributed by atoms with Gasteiger partial charge in [-0.25, -0.2) is 0 Å².